The summed E-state index contributed by atoms with van der Waals surface area (Å²) in [7, 11) is -4.53. The number of benzene rings is 1. The van der Waals surface area contributed by atoms with Crippen LogP contribution in [0.15, 0.2) is 17.0 Å². The van der Waals surface area contributed by atoms with E-state index < -0.39 is 15.0 Å². The van der Waals surface area contributed by atoms with Crippen molar-refractivity contribution in [3.8, 4) is 0 Å². The molecule has 0 saturated carbocycles. The number of rotatable bonds is 1. The molecule has 1 aromatic carbocycles. The van der Waals surface area contributed by atoms with E-state index in [1.165, 1.54) is 6.07 Å². The minimum atomic E-state index is -4.53. The van der Waals surface area contributed by atoms with Crippen molar-refractivity contribution in [2.24, 2.45) is 0 Å². The van der Waals surface area contributed by atoms with E-state index in [0.29, 0.717) is 10.2 Å². The topological polar surface area (TPSA) is 83.0 Å². The summed E-state index contributed by atoms with van der Waals surface area (Å²) >= 11 is 6.67. The summed E-state index contributed by atoms with van der Waals surface area (Å²) in [6, 6.07) is 2.53. The van der Waals surface area contributed by atoms with E-state index in [1.807, 2.05) is 0 Å². The van der Waals surface area contributed by atoms with Crippen LogP contribution in [-0.4, -0.2) is 22.6 Å². The maximum atomic E-state index is 10.7. The average Bonchev–Trinajstić information content (AvgIpc) is 2.50. The Hall–Kier alpha value is 0.876. The molecule has 2 rings (SSSR count). The minimum absolute atomic E-state index is 0. The zero-order valence-electron chi connectivity index (χ0n) is 7.47. The standard InChI is InChI=1S/C6H3ClN2O3S2.K/c7-5-4(14(10,11)12)2-1-3-6(5)13-9-8-3;/h1-2H,(H,10,11,12);/q;+1/p-1. The number of hydrogen-bond acceptors (Lipinski definition) is 6. The summed E-state index contributed by atoms with van der Waals surface area (Å²) in [5, 5.41) is 3.59. The van der Waals surface area contributed by atoms with Gasteiger partial charge >= 0.3 is 51.4 Å². The van der Waals surface area contributed by atoms with Crippen LogP contribution in [-0.2, 0) is 10.1 Å². The summed E-state index contributed by atoms with van der Waals surface area (Å²) in [4.78, 5) is -0.433. The van der Waals surface area contributed by atoms with Gasteiger partial charge in [0.25, 0.3) is 0 Å². The predicted octanol–water partition coefficient (Wildman–Crippen LogP) is -1.75. The first-order valence-corrected chi connectivity index (χ1v) is 5.92. The van der Waals surface area contributed by atoms with Crippen LogP contribution in [0.4, 0.5) is 0 Å². The van der Waals surface area contributed by atoms with Gasteiger partial charge in [-0.1, -0.05) is 16.1 Å². The molecule has 15 heavy (non-hydrogen) atoms. The van der Waals surface area contributed by atoms with E-state index in [1.54, 1.807) is 0 Å². The van der Waals surface area contributed by atoms with Crippen LogP contribution in [0.3, 0.4) is 0 Å². The van der Waals surface area contributed by atoms with E-state index in [2.05, 4.69) is 9.59 Å². The minimum Gasteiger partial charge on any atom is -0.744 e. The number of hydrogen-bond donors (Lipinski definition) is 0. The first kappa shape index (κ1) is 13.9. The van der Waals surface area contributed by atoms with Gasteiger partial charge in [0.1, 0.15) is 15.6 Å². The number of aromatic nitrogens is 2. The fourth-order valence-corrected chi connectivity index (χ4v) is 2.76. The van der Waals surface area contributed by atoms with Crippen LogP contribution in [0.5, 0.6) is 0 Å². The van der Waals surface area contributed by atoms with Crippen molar-refractivity contribution < 1.29 is 64.4 Å². The fraction of sp³-hybridized carbons (Fsp3) is 0. The molecule has 9 heteroatoms. The number of halogens is 1. The zero-order valence-corrected chi connectivity index (χ0v) is 13.0. The van der Waals surface area contributed by atoms with Gasteiger partial charge in [-0.05, 0) is 23.7 Å². The summed E-state index contributed by atoms with van der Waals surface area (Å²) in [5.74, 6) is 0. The van der Waals surface area contributed by atoms with Crippen molar-refractivity contribution in [3.05, 3.63) is 17.2 Å². The number of fused-ring (bicyclic) bond motifs is 1. The zero-order chi connectivity index (χ0) is 10.3. The van der Waals surface area contributed by atoms with Crippen LogP contribution in [0.2, 0.25) is 5.02 Å². The van der Waals surface area contributed by atoms with Gasteiger partial charge in [0.15, 0.2) is 0 Å². The summed E-state index contributed by atoms with van der Waals surface area (Å²) in [6.45, 7) is 0. The van der Waals surface area contributed by atoms with E-state index in [-0.39, 0.29) is 56.4 Å². The molecule has 2 aromatic rings. The molecule has 0 amide bonds. The van der Waals surface area contributed by atoms with Gasteiger partial charge in [-0.3, -0.25) is 0 Å². The summed E-state index contributed by atoms with van der Waals surface area (Å²) < 4.78 is 36.2. The van der Waals surface area contributed by atoms with Crippen LogP contribution >= 0.6 is 23.1 Å². The molecule has 0 unspecified atom stereocenters. The van der Waals surface area contributed by atoms with E-state index in [4.69, 9.17) is 11.6 Å². The Kier molecular flexibility index (Phi) is 4.67. The van der Waals surface area contributed by atoms with Crippen molar-refractivity contribution >= 4 is 43.5 Å². The van der Waals surface area contributed by atoms with Crippen LogP contribution < -0.4 is 51.4 Å². The molecule has 0 N–H and O–H groups in total. The van der Waals surface area contributed by atoms with Crippen LogP contribution in [0.1, 0.15) is 0 Å². The summed E-state index contributed by atoms with van der Waals surface area (Å²) in [5.41, 5.74) is 0.479. The molecule has 0 fully saturated rings. The van der Waals surface area contributed by atoms with Crippen molar-refractivity contribution in [2.45, 2.75) is 4.90 Å². The van der Waals surface area contributed by atoms with Gasteiger partial charge in [-0.25, -0.2) is 8.42 Å². The average molecular weight is 289 g/mol. The largest absolute Gasteiger partial charge is 1.00 e. The Morgan fingerprint density at radius 1 is 1.40 bits per heavy atom. The Morgan fingerprint density at radius 3 is 2.67 bits per heavy atom. The molecular formula is C6H2ClKN2O3S2. The third-order valence-corrected chi connectivity index (χ3v) is 3.85. The molecule has 0 spiro atoms. The van der Waals surface area contributed by atoms with Gasteiger partial charge in [0.2, 0.25) is 0 Å². The quantitative estimate of drug-likeness (QED) is 0.459. The molecule has 0 atom stereocenters. The third-order valence-electron chi connectivity index (χ3n) is 1.59. The van der Waals surface area contributed by atoms with E-state index in [0.717, 1.165) is 17.6 Å². The van der Waals surface area contributed by atoms with Crippen LogP contribution in [0, 0.1) is 0 Å². The molecule has 0 bridgehead atoms. The van der Waals surface area contributed by atoms with Crippen molar-refractivity contribution in [1.82, 2.24) is 9.59 Å². The Labute approximate surface area is 137 Å². The Balaban J connectivity index is 0.00000112. The number of nitrogens with zero attached hydrogens (tertiary/aromatic N) is 2. The van der Waals surface area contributed by atoms with Gasteiger partial charge in [-0.2, -0.15) is 0 Å². The first-order chi connectivity index (χ1) is 6.50. The first-order valence-electron chi connectivity index (χ1n) is 3.36. The smallest absolute Gasteiger partial charge is 0.744 e. The normalized spacial score (nSPS) is 11.3. The fourth-order valence-electron chi connectivity index (χ4n) is 0.992. The van der Waals surface area contributed by atoms with Gasteiger partial charge in [0.05, 0.1) is 14.6 Å². The van der Waals surface area contributed by atoms with E-state index in [9.17, 15) is 13.0 Å². The maximum Gasteiger partial charge on any atom is 1.00 e. The second-order valence-electron chi connectivity index (χ2n) is 2.45. The van der Waals surface area contributed by atoms with Gasteiger partial charge in [0, 0.05) is 0 Å². The van der Waals surface area contributed by atoms with Crippen molar-refractivity contribution in [2.75, 3.05) is 0 Å². The monoisotopic (exact) mass is 288 g/mol. The second-order valence-corrected chi connectivity index (χ2v) is 4.93. The van der Waals surface area contributed by atoms with Crippen molar-refractivity contribution in [1.29, 1.82) is 0 Å². The molecule has 74 valence electrons. The second kappa shape index (κ2) is 5.02. The molecule has 0 aliphatic carbocycles. The van der Waals surface area contributed by atoms with Gasteiger partial charge in [-0.15, -0.1) is 5.10 Å². The van der Waals surface area contributed by atoms with Crippen LogP contribution in [0.25, 0.3) is 10.2 Å². The molecule has 1 heterocycles. The molecule has 0 aliphatic rings. The molecular weight excluding hydrogens is 287 g/mol. The molecule has 0 saturated heterocycles. The molecule has 5 nitrogen and oxygen atoms in total. The predicted molar refractivity (Wildman–Crippen MR) is 50.4 cm³/mol. The van der Waals surface area contributed by atoms with Gasteiger partial charge < -0.3 is 4.55 Å². The third kappa shape index (κ3) is 2.76. The van der Waals surface area contributed by atoms with E-state index >= 15 is 0 Å². The molecule has 0 radical (unpaired) electrons. The summed E-state index contributed by atoms with van der Waals surface area (Å²) in [6.07, 6.45) is 0. The molecule has 0 aliphatic heterocycles. The Bertz CT molecular complexity index is 597. The SMILES string of the molecule is O=S(=O)([O-])c1ccc2nnsc2c1Cl.[K+]. The molecule has 1 aromatic heterocycles. The Morgan fingerprint density at radius 2 is 2.07 bits per heavy atom. The maximum absolute atomic E-state index is 10.7. The van der Waals surface area contributed by atoms with Crippen molar-refractivity contribution in [3.63, 3.8) is 0 Å².